The van der Waals surface area contributed by atoms with E-state index in [1.54, 1.807) is 11.3 Å². The highest BCUT2D eigenvalue weighted by Gasteiger charge is 2.07. The molecule has 1 heterocycles. The SMILES string of the molecule is CCNC(=NCc1sc(C)nc1C)NCC(C)c1ccccc1. The van der Waals surface area contributed by atoms with Gasteiger partial charge in [-0.25, -0.2) is 9.98 Å². The Hall–Kier alpha value is -1.88. The second kappa shape index (κ2) is 8.67. The van der Waals surface area contributed by atoms with Gasteiger partial charge in [-0.15, -0.1) is 11.3 Å². The number of hydrogen-bond acceptors (Lipinski definition) is 3. The second-order valence-corrected chi connectivity index (χ2v) is 6.92. The molecule has 124 valence electrons. The highest BCUT2D eigenvalue weighted by molar-refractivity contribution is 7.11. The first-order valence-electron chi connectivity index (χ1n) is 8.10. The van der Waals surface area contributed by atoms with E-state index in [4.69, 9.17) is 0 Å². The van der Waals surface area contributed by atoms with E-state index in [2.05, 4.69) is 64.8 Å². The summed E-state index contributed by atoms with van der Waals surface area (Å²) in [5.74, 6) is 1.30. The van der Waals surface area contributed by atoms with Crippen LogP contribution in [-0.2, 0) is 6.54 Å². The van der Waals surface area contributed by atoms with E-state index in [9.17, 15) is 0 Å². The van der Waals surface area contributed by atoms with Gasteiger partial charge in [-0.1, -0.05) is 37.3 Å². The minimum absolute atomic E-state index is 0.437. The van der Waals surface area contributed by atoms with Gasteiger partial charge in [-0.2, -0.15) is 0 Å². The lowest BCUT2D eigenvalue weighted by Crippen LogP contribution is -2.39. The topological polar surface area (TPSA) is 49.3 Å². The molecule has 0 aliphatic carbocycles. The van der Waals surface area contributed by atoms with Gasteiger partial charge < -0.3 is 10.6 Å². The Labute approximate surface area is 143 Å². The zero-order valence-corrected chi connectivity index (χ0v) is 15.2. The molecule has 0 saturated heterocycles. The quantitative estimate of drug-likeness (QED) is 0.628. The Morgan fingerprint density at radius 1 is 1.22 bits per heavy atom. The molecule has 2 rings (SSSR count). The van der Waals surface area contributed by atoms with Crippen LogP contribution in [0.25, 0.3) is 0 Å². The Bertz CT molecular complexity index is 634. The van der Waals surface area contributed by atoms with Crippen LogP contribution in [0, 0.1) is 13.8 Å². The fourth-order valence-electron chi connectivity index (χ4n) is 2.36. The van der Waals surface area contributed by atoms with Crippen LogP contribution in [0.15, 0.2) is 35.3 Å². The first kappa shape index (κ1) is 17.5. The van der Waals surface area contributed by atoms with Crippen LogP contribution in [0.4, 0.5) is 0 Å². The molecule has 1 unspecified atom stereocenters. The van der Waals surface area contributed by atoms with E-state index in [0.29, 0.717) is 12.5 Å². The maximum Gasteiger partial charge on any atom is 0.191 e. The molecule has 5 heteroatoms. The maximum atomic E-state index is 4.69. The Morgan fingerprint density at radius 2 is 1.96 bits per heavy atom. The van der Waals surface area contributed by atoms with Crippen molar-refractivity contribution in [2.75, 3.05) is 13.1 Å². The third-order valence-corrected chi connectivity index (χ3v) is 4.73. The van der Waals surface area contributed by atoms with Crippen LogP contribution < -0.4 is 10.6 Å². The number of benzene rings is 1. The summed E-state index contributed by atoms with van der Waals surface area (Å²) in [5.41, 5.74) is 2.43. The number of aryl methyl sites for hydroxylation is 2. The van der Waals surface area contributed by atoms with Gasteiger partial charge in [-0.05, 0) is 32.3 Å². The number of nitrogens with zero attached hydrogens (tertiary/aromatic N) is 2. The average molecular weight is 331 g/mol. The summed E-state index contributed by atoms with van der Waals surface area (Å²) in [6.45, 7) is 10.8. The van der Waals surface area contributed by atoms with Crippen LogP contribution in [0.5, 0.6) is 0 Å². The van der Waals surface area contributed by atoms with Gasteiger partial charge in [0, 0.05) is 18.0 Å². The third-order valence-electron chi connectivity index (χ3n) is 3.67. The van der Waals surface area contributed by atoms with Gasteiger partial charge in [0.1, 0.15) is 0 Å². The van der Waals surface area contributed by atoms with E-state index in [0.717, 1.165) is 29.8 Å². The molecule has 0 spiro atoms. The zero-order chi connectivity index (χ0) is 16.7. The van der Waals surface area contributed by atoms with Gasteiger partial charge in [0.2, 0.25) is 0 Å². The summed E-state index contributed by atoms with van der Waals surface area (Å²) < 4.78 is 0. The number of guanidine groups is 1. The van der Waals surface area contributed by atoms with Crippen molar-refractivity contribution in [2.24, 2.45) is 4.99 Å². The number of aliphatic imine (C=N–C) groups is 1. The molecule has 0 aliphatic heterocycles. The van der Waals surface area contributed by atoms with Crippen LogP contribution >= 0.6 is 11.3 Å². The van der Waals surface area contributed by atoms with Crippen LogP contribution in [0.3, 0.4) is 0 Å². The van der Waals surface area contributed by atoms with Crippen LogP contribution in [0.1, 0.15) is 40.9 Å². The highest BCUT2D eigenvalue weighted by atomic mass is 32.1. The fourth-order valence-corrected chi connectivity index (χ4v) is 3.22. The van der Waals surface area contributed by atoms with Crippen LogP contribution in [-0.4, -0.2) is 24.0 Å². The summed E-state index contributed by atoms with van der Waals surface area (Å²) in [6.07, 6.45) is 0. The fraction of sp³-hybridized carbons (Fsp3) is 0.444. The number of rotatable bonds is 6. The maximum absolute atomic E-state index is 4.69. The normalized spacial score (nSPS) is 13.0. The second-order valence-electron chi connectivity index (χ2n) is 5.63. The summed E-state index contributed by atoms with van der Waals surface area (Å²) in [7, 11) is 0. The molecule has 1 aromatic carbocycles. The molecule has 1 atom stereocenters. The van der Waals surface area contributed by atoms with Gasteiger partial charge in [-0.3, -0.25) is 0 Å². The summed E-state index contributed by atoms with van der Waals surface area (Å²) >= 11 is 1.72. The third kappa shape index (κ3) is 5.36. The Balaban J connectivity index is 1.95. The lowest BCUT2D eigenvalue weighted by Gasteiger charge is -2.16. The van der Waals surface area contributed by atoms with Crippen molar-refractivity contribution in [3.05, 3.63) is 51.5 Å². The van der Waals surface area contributed by atoms with Crippen molar-refractivity contribution >= 4 is 17.3 Å². The Kier molecular flexibility index (Phi) is 6.59. The first-order valence-corrected chi connectivity index (χ1v) is 8.91. The molecule has 0 amide bonds. The number of nitrogens with one attached hydrogen (secondary N) is 2. The highest BCUT2D eigenvalue weighted by Crippen LogP contribution is 2.18. The smallest absolute Gasteiger partial charge is 0.191 e. The molecular weight excluding hydrogens is 304 g/mol. The van der Waals surface area contributed by atoms with Crippen molar-refractivity contribution in [1.82, 2.24) is 15.6 Å². The van der Waals surface area contributed by atoms with Crippen molar-refractivity contribution in [2.45, 2.75) is 40.2 Å². The minimum atomic E-state index is 0.437. The summed E-state index contributed by atoms with van der Waals surface area (Å²) in [5, 5.41) is 7.85. The van der Waals surface area contributed by atoms with Gasteiger partial charge >= 0.3 is 0 Å². The van der Waals surface area contributed by atoms with E-state index in [1.165, 1.54) is 10.4 Å². The van der Waals surface area contributed by atoms with Crippen molar-refractivity contribution in [1.29, 1.82) is 0 Å². The molecule has 0 radical (unpaired) electrons. The lowest BCUT2D eigenvalue weighted by atomic mass is 10.0. The largest absolute Gasteiger partial charge is 0.357 e. The predicted octanol–water partition coefficient (Wildman–Crippen LogP) is 3.62. The summed E-state index contributed by atoms with van der Waals surface area (Å²) in [6, 6.07) is 10.5. The molecular formula is C18H26N4S. The number of aromatic nitrogens is 1. The molecule has 0 saturated carbocycles. The zero-order valence-electron chi connectivity index (χ0n) is 14.4. The predicted molar refractivity (Wildman–Crippen MR) is 99.3 cm³/mol. The molecule has 2 N–H and O–H groups in total. The summed E-state index contributed by atoms with van der Waals surface area (Å²) in [4.78, 5) is 10.4. The van der Waals surface area contributed by atoms with E-state index in [1.807, 2.05) is 13.8 Å². The molecule has 0 bridgehead atoms. The average Bonchev–Trinajstić information content (AvgIpc) is 2.88. The van der Waals surface area contributed by atoms with Gasteiger partial charge in [0.25, 0.3) is 0 Å². The van der Waals surface area contributed by atoms with E-state index >= 15 is 0 Å². The molecule has 0 fully saturated rings. The van der Waals surface area contributed by atoms with Crippen molar-refractivity contribution < 1.29 is 0 Å². The van der Waals surface area contributed by atoms with Gasteiger partial charge in [0.05, 0.1) is 17.2 Å². The number of thiazole rings is 1. The molecule has 23 heavy (non-hydrogen) atoms. The molecule has 4 nitrogen and oxygen atoms in total. The number of hydrogen-bond donors (Lipinski definition) is 2. The van der Waals surface area contributed by atoms with Gasteiger partial charge in [0.15, 0.2) is 5.96 Å². The van der Waals surface area contributed by atoms with E-state index in [-0.39, 0.29) is 0 Å². The lowest BCUT2D eigenvalue weighted by molar-refractivity contribution is 0.700. The Morgan fingerprint density at radius 3 is 2.57 bits per heavy atom. The standard InChI is InChI=1S/C18H26N4S/c1-5-19-18(21-12-17-14(3)22-15(4)23-17)20-11-13(2)16-9-7-6-8-10-16/h6-10,13H,5,11-12H2,1-4H3,(H2,19,20,21). The van der Waals surface area contributed by atoms with Crippen molar-refractivity contribution in [3.8, 4) is 0 Å². The van der Waals surface area contributed by atoms with E-state index < -0.39 is 0 Å². The minimum Gasteiger partial charge on any atom is -0.357 e. The van der Waals surface area contributed by atoms with Crippen LogP contribution in [0.2, 0.25) is 0 Å². The monoisotopic (exact) mass is 330 g/mol. The van der Waals surface area contributed by atoms with Crippen molar-refractivity contribution in [3.63, 3.8) is 0 Å². The molecule has 0 aliphatic rings. The molecule has 2 aromatic rings. The first-order chi connectivity index (χ1) is 11.1. The molecule has 1 aromatic heterocycles.